The molecule has 2 aromatic rings. The van der Waals surface area contributed by atoms with Crippen molar-refractivity contribution in [1.29, 1.82) is 0 Å². The van der Waals surface area contributed by atoms with Crippen molar-refractivity contribution in [1.82, 2.24) is 0 Å². The summed E-state index contributed by atoms with van der Waals surface area (Å²) in [5, 5.41) is 1.62. The molecule has 0 aliphatic carbocycles. The molecule has 120 valence electrons. The van der Waals surface area contributed by atoms with Crippen LogP contribution in [0.25, 0.3) is 10.8 Å². The lowest BCUT2D eigenvalue weighted by Crippen LogP contribution is -2.08. The van der Waals surface area contributed by atoms with Gasteiger partial charge in [-0.2, -0.15) is 8.42 Å². The normalized spacial score (nSPS) is 11.9. The summed E-state index contributed by atoms with van der Waals surface area (Å²) < 4.78 is 29.9. The fraction of sp³-hybridized carbons (Fsp3) is 0.444. The van der Waals surface area contributed by atoms with E-state index in [-0.39, 0.29) is 11.5 Å². The lowest BCUT2D eigenvalue weighted by atomic mass is 10.1. The van der Waals surface area contributed by atoms with Gasteiger partial charge in [-0.05, 0) is 17.9 Å². The van der Waals surface area contributed by atoms with Crippen LogP contribution in [0.2, 0.25) is 0 Å². The molecule has 3 nitrogen and oxygen atoms in total. The second kappa shape index (κ2) is 8.30. The van der Waals surface area contributed by atoms with Gasteiger partial charge in [0.05, 0.1) is 6.61 Å². The predicted octanol–water partition coefficient (Wildman–Crippen LogP) is 4.91. The average molecular weight is 320 g/mol. The molecule has 22 heavy (non-hydrogen) atoms. The smallest absolute Gasteiger partial charge is 0.266 e. The van der Waals surface area contributed by atoms with Crippen molar-refractivity contribution in [2.24, 2.45) is 0 Å². The van der Waals surface area contributed by atoms with Crippen molar-refractivity contribution in [2.75, 3.05) is 6.61 Å². The van der Waals surface area contributed by atoms with Gasteiger partial charge in [-0.15, -0.1) is 0 Å². The topological polar surface area (TPSA) is 43.4 Å². The highest BCUT2D eigenvalue weighted by molar-refractivity contribution is 7.87. The zero-order chi connectivity index (χ0) is 15.8. The first-order valence-electron chi connectivity index (χ1n) is 8.02. The fourth-order valence-electron chi connectivity index (χ4n) is 2.53. The predicted molar refractivity (Wildman–Crippen MR) is 90.5 cm³/mol. The van der Waals surface area contributed by atoms with Crippen molar-refractivity contribution in [2.45, 2.75) is 50.3 Å². The van der Waals surface area contributed by atoms with Gasteiger partial charge in [0.2, 0.25) is 0 Å². The highest BCUT2D eigenvalue weighted by Gasteiger charge is 2.17. The van der Waals surface area contributed by atoms with Gasteiger partial charge < -0.3 is 0 Å². The molecule has 0 saturated heterocycles. The minimum absolute atomic E-state index is 0.261. The van der Waals surface area contributed by atoms with Gasteiger partial charge in [-0.1, -0.05) is 75.4 Å². The minimum Gasteiger partial charge on any atom is -0.266 e. The van der Waals surface area contributed by atoms with Crippen molar-refractivity contribution < 1.29 is 12.6 Å². The van der Waals surface area contributed by atoms with E-state index in [1.165, 1.54) is 19.3 Å². The van der Waals surface area contributed by atoms with E-state index in [2.05, 4.69) is 6.92 Å². The van der Waals surface area contributed by atoms with Crippen LogP contribution in [0.3, 0.4) is 0 Å². The van der Waals surface area contributed by atoms with Gasteiger partial charge >= 0.3 is 0 Å². The maximum atomic E-state index is 12.4. The van der Waals surface area contributed by atoms with Crippen LogP contribution in [0.1, 0.15) is 45.4 Å². The van der Waals surface area contributed by atoms with Crippen LogP contribution in [0.15, 0.2) is 47.4 Å². The van der Waals surface area contributed by atoms with Crippen LogP contribution in [0, 0.1) is 0 Å². The van der Waals surface area contributed by atoms with Gasteiger partial charge in [0.25, 0.3) is 10.1 Å². The molecule has 2 aromatic carbocycles. The van der Waals surface area contributed by atoms with Gasteiger partial charge in [-0.25, -0.2) is 0 Å². The Labute approximate surface area is 133 Å². The molecule has 4 heteroatoms. The molecule has 0 unspecified atom stereocenters. The second-order valence-electron chi connectivity index (χ2n) is 5.52. The maximum absolute atomic E-state index is 12.4. The van der Waals surface area contributed by atoms with Gasteiger partial charge in [0, 0.05) is 5.39 Å². The van der Waals surface area contributed by atoms with Gasteiger partial charge in [0.15, 0.2) is 0 Å². The molecular formula is C18H24O3S. The second-order valence-corrected chi connectivity index (χ2v) is 7.10. The number of fused-ring (bicyclic) bond motifs is 1. The number of hydrogen-bond acceptors (Lipinski definition) is 3. The van der Waals surface area contributed by atoms with E-state index in [1.54, 1.807) is 12.1 Å². The molecule has 0 saturated carbocycles. The molecule has 0 aliphatic heterocycles. The van der Waals surface area contributed by atoms with Crippen LogP contribution in [-0.4, -0.2) is 15.0 Å². The Balaban J connectivity index is 1.95. The third-order valence-electron chi connectivity index (χ3n) is 3.76. The Hall–Kier alpha value is -1.39. The van der Waals surface area contributed by atoms with E-state index in [0.717, 1.165) is 24.6 Å². The van der Waals surface area contributed by atoms with Crippen LogP contribution in [-0.2, 0) is 14.3 Å². The van der Waals surface area contributed by atoms with Crippen LogP contribution >= 0.6 is 0 Å². The highest BCUT2D eigenvalue weighted by Crippen LogP contribution is 2.24. The maximum Gasteiger partial charge on any atom is 0.297 e. The van der Waals surface area contributed by atoms with Gasteiger partial charge in [0.1, 0.15) is 4.90 Å². The first-order chi connectivity index (χ1) is 10.6. The summed E-state index contributed by atoms with van der Waals surface area (Å²) in [6.07, 6.45) is 6.62. The molecule has 0 amide bonds. The number of hydrogen-bond donors (Lipinski definition) is 0. The quantitative estimate of drug-likeness (QED) is 0.487. The largest absolute Gasteiger partial charge is 0.297 e. The molecule has 0 fully saturated rings. The minimum atomic E-state index is -3.68. The lowest BCUT2D eigenvalue weighted by molar-refractivity contribution is 0.306. The summed E-state index contributed by atoms with van der Waals surface area (Å²) in [5.41, 5.74) is 0. The fourth-order valence-corrected chi connectivity index (χ4v) is 3.69. The monoisotopic (exact) mass is 320 g/mol. The van der Waals surface area contributed by atoms with E-state index < -0.39 is 10.1 Å². The zero-order valence-electron chi connectivity index (χ0n) is 13.1. The molecule has 0 atom stereocenters. The van der Waals surface area contributed by atoms with E-state index in [4.69, 9.17) is 4.18 Å². The third kappa shape index (κ3) is 4.55. The molecule has 0 aromatic heterocycles. The summed E-state index contributed by atoms with van der Waals surface area (Å²) in [7, 11) is -3.68. The summed E-state index contributed by atoms with van der Waals surface area (Å²) in [6, 6.07) is 12.7. The Morgan fingerprint density at radius 3 is 2.36 bits per heavy atom. The van der Waals surface area contributed by atoms with Crippen LogP contribution in [0.4, 0.5) is 0 Å². The van der Waals surface area contributed by atoms with Crippen molar-refractivity contribution >= 4 is 20.9 Å². The molecule has 0 N–H and O–H groups in total. The summed E-state index contributed by atoms with van der Waals surface area (Å²) in [5.74, 6) is 0. The molecular weight excluding hydrogens is 296 g/mol. The van der Waals surface area contributed by atoms with Crippen molar-refractivity contribution in [3.8, 4) is 0 Å². The van der Waals surface area contributed by atoms with E-state index >= 15 is 0 Å². The Bertz CT molecular complexity index is 687. The summed E-state index contributed by atoms with van der Waals surface area (Å²) in [6.45, 7) is 2.44. The lowest BCUT2D eigenvalue weighted by Gasteiger charge is -2.08. The Morgan fingerprint density at radius 2 is 1.55 bits per heavy atom. The van der Waals surface area contributed by atoms with Crippen molar-refractivity contribution in [3.05, 3.63) is 42.5 Å². The highest BCUT2D eigenvalue weighted by atomic mass is 32.2. The van der Waals surface area contributed by atoms with Crippen LogP contribution < -0.4 is 0 Å². The number of benzene rings is 2. The molecule has 0 radical (unpaired) electrons. The standard InChI is InChI=1S/C18H24O3S/c1-2-3-4-5-6-9-15-21-22(19,20)18-14-10-12-16-11-7-8-13-17(16)18/h7-8,10-14H,2-6,9,15H2,1H3. The molecule has 0 spiro atoms. The third-order valence-corrected chi connectivity index (χ3v) is 5.13. The zero-order valence-corrected chi connectivity index (χ0v) is 13.9. The van der Waals surface area contributed by atoms with E-state index in [9.17, 15) is 8.42 Å². The summed E-state index contributed by atoms with van der Waals surface area (Å²) >= 11 is 0. The average Bonchev–Trinajstić information content (AvgIpc) is 2.53. The van der Waals surface area contributed by atoms with Crippen LogP contribution in [0.5, 0.6) is 0 Å². The number of rotatable bonds is 9. The first-order valence-corrected chi connectivity index (χ1v) is 9.43. The molecule has 0 heterocycles. The molecule has 0 aliphatic rings. The van der Waals surface area contributed by atoms with Gasteiger partial charge in [-0.3, -0.25) is 4.18 Å². The van der Waals surface area contributed by atoms with E-state index in [1.807, 2.05) is 30.3 Å². The SMILES string of the molecule is CCCCCCCCOS(=O)(=O)c1cccc2ccccc12. The molecule has 2 rings (SSSR count). The molecule has 0 bridgehead atoms. The van der Waals surface area contributed by atoms with E-state index in [0.29, 0.717) is 5.39 Å². The summed E-state index contributed by atoms with van der Waals surface area (Å²) in [4.78, 5) is 0.261. The Morgan fingerprint density at radius 1 is 0.864 bits per heavy atom. The first kappa shape index (κ1) is 17.0. The van der Waals surface area contributed by atoms with Crippen molar-refractivity contribution in [3.63, 3.8) is 0 Å². The Kier molecular flexibility index (Phi) is 6.40. The number of unbranched alkanes of at least 4 members (excludes halogenated alkanes) is 5.